The normalized spacial score (nSPS) is 13.6. The largest absolute Gasteiger partial charge is 0.483 e. The minimum absolute atomic E-state index is 0. The summed E-state index contributed by atoms with van der Waals surface area (Å²) in [7, 11) is 0. The fraction of sp³-hybridized carbons (Fsp3) is 0.278. The minimum atomic E-state index is -4.54. The second-order valence-corrected chi connectivity index (χ2v) is 5.78. The van der Waals surface area contributed by atoms with Gasteiger partial charge in [-0.2, -0.15) is 13.2 Å². The van der Waals surface area contributed by atoms with Crippen LogP contribution < -0.4 is 15.4 Å². The van der Waals surface area contributed by atoms with Gasteiger partial charge in [0.05, 0.1) is 5.56 Å². The van der Waals surface area contributed by atoms with E-state index in [4.69, 9.17) is 10.5 Å². The van der Waals surface area contributed by atoms with E-state index >= 15 is 0 Å². The molecule has 0 aromatic heterocycles. The van der Waals surface area contributed by atoms with Crippen molar-refractivity contribution in [3.05, 3.63) is 53.6 Å². The van der Waals surface area contributed by atoms with E-state index in [1.54, 1.807) is 18.2 Å². The zero-order valence-corrected chi connectivity index (χ0v) is 14.6. The number of amides is 1. The molecule has 0 unspecified atom stereocenters. The monoisotopic (exact) mass is 386 g/mol. The average molecular weight is 387 g/mol. The zero-order chi connectivity index (χ0) is 18.0. The van der Waals surface area contributed by atoms with Gasteiger partial charge >= 0.3 is 6.18 Å². The van der Waals surface area contributed by atoms with E-state index in [1.807, 2.05) is 0 Å². The smallest absolute Gasteiger partial charge is 0.419 e. The summed E-state index contributed by atoms with van der Waals surface area (Å²) in [5.74, 6) is -0.753. The number of hydrogen-bond donors (Lipinski definition) is 1. The molecular formula is C18H18ClF3N2O2. The lowest BCUT2D eigenvalue weighted by Crippen LogP contribution is -2.39. The predicted octanol–water partition coefficient (Wildman–Crippen LogP) is 4.07. The van der Waals surface area contributed by atoms with E-state index in [9.17, 15) is 18.0 Å². The van der Waals surface area contributed by atoms with Crippen molar-refractivity contribution < 1.29 is 22.7 Å². The summed E-state index contributed by atoms with van der Waals surface area (Å²) in [5.41, 5.74) is 7.24. The Morgan fingerprint density at radius 1 is 1.15 bits per heavy atom. The Morgan fingerprint density at radius 3 is 2.62 bits per heavy atom. The first-order valence-electron chi connectivity index (χ1n) is 7.84. The van der Waals surface area contributed by atoms with Crippen molar-refractivity contribution in [2.75, 3.05) is 23.8 Å². The average Bonchev–Trinajstić information content (AvgIpc) is 2.59. The molecule has 26 heavy (non-hydrogen) atoms. The van der Waals surface area contributed by atoms with Gasteiger partial charge in [0.25, 0.3) is 5.91 Å². The van der Waals surface area contributed by atoms with Gasteiger partial charge in [0.1, 0.15) is 5.75 Å². The SMILES string of the molecule is Cl.Nc1cccc2c1CCCN2C(=O)COc1ccccc1C(F)(F)F. The Labute approximate surface area is 155 Å². The molecule has 0 atom stereocenters. The van der Waals surface area contributed by atoms with Crippen LogP contribution in [0.3, 0.4) is 0 Å². The van der Waals surface area contributed by atoms with Gasteiger partial charge in [-0.1, -0.05) is 18.2 Å². The van der Waals surface area contributed by atoms with E-state index in [0.717, 1.165) is 24.5 Å². The van der Waals surface area contributed by atoms with Crippen molar-refractivity contribution in [1.29, 1.82) is 0 Å². The Hall–Kier alpha value is -2.41. The van der Waals surface area contributed by atoms with Crippen LogP contribution in [0.4, 0.5) is 24.5 Å². The van der Waals surface area contributed by atoms with Crippen LogP contribution in [0.25, 0.3) is 0 Å². The highest BCUT2D eigenvalue weighted by atomic mass is 35.5. The molecule has 0 bridgehead atoms. The van der Waals surface area contributed by atoms with Gasteiger partial charge in [0.15, 0.2) is 6.61 Å². The van der Waals surface area contributed by atoms with Gasteiger partial charge in [-0.3, -0.25) is 4.79 Å². The first kappa shape index (κ1) is 19.9. The van der Waals surface area contributed by atoms with Crippen molar-refractivity contribution in [2.45, 2.75) is 19.0 Å². The summed E-state index contributed by atoms with van der Waals surface area (Å²) >= 11 is 0. The molecule has 1 heterocycles. The number of anilines is 2. The maximum Gasteiger partial charge on any atom is 0.419 e. The fourth-order valence-electron chi connectivity index (χ4n) is 2.95. The number of halogens is 4. The molecule has 4 nitrogen and oxygen atoms in total. The number of nitrogen functional groups attached to an aromatic ring is 1. The summed E-state index contributed by atoms with van der Waals surface area (Å²) in [5, 5.41) is 0. The van der Waals surface area contributed by atoms with Crippen molar-refractivity contribution in [2.24, 2.45) is 0 Å². The number of hydrogen-bond acceptors (Lipinski definition) is 3. The van der Waals surface area contributed by atoms with Gasteiger partial charge in [0, 0.05) is 17.9 Å². The van der Waals surface area contributed by atoms with Gasteiger partial charge in [0.2, 0.25) is 0 Å². The molecule has 8 heteroatoms. The number of para-hydroxylation sites is 1. The molecule has 1 aliphatic heterocycles. The minimum Gasteiger partial charge on any atom is -0.483 e. The van der Waals surface area contributed by atoms with Crippen molar-refractivity contribution in [1.82, 2.24) is 0 Å². The van der Waals surface area contributed by atoms with E-state index < -0.39 is 24.3 Å². The molecule has 2 aromatic rings. The Bertz CT molecular complexity index is 796. The third kappa shape index (κ3) is 4.04. The third-order valence-corrected chi connectivity index (χ3v) is 4.13. The first-order valence-corrected chi connectivity index (χ1v) is 7.84. The first-order chi connectivity index (χ1) is 11.9. The van der Waals surface area contributed by atoms with Crippen LogP contribution in [-0.2, 0) is 17.4 Å². The van der Waals surface area contributed by atoms with Gasteiger partial charge in [-0.15, -0.1) is 12.4 Å². The lowest BCUT2D eigenvalue weighted by Gasteiger charge is -2.30. The predicted molar refractivity (Wildman–Crippen MR) is 95.7 cm³/mol. The fourth-order valence-corrected chi connectivity index (χ4v) is 2.95. The lowest BCUT2D eigenvalue weighted by molar-refractivity contribution is -0.139. The highest BCUT2D eigenvalue weighted by Gasteiger charge is 2.34. The van der Waals surface area contributed by atoms with Gasteiger partial charge in [-0.25, -0.2) is 0 Å². The number of rotatable bonds is 3. The number of benzene rings is 2. The molecular weight excluding hydrogens is 369 g/mol. The van der Waals surface area contributed by atoms with Crippen LogP contribution >= 0.6 is 12.4 Å². The summed E-state index contributed by atoms with van der Waals surface area (Å²) in [4.78, 5) is 14.0. The molecule has 3 rings (SSSR count). The quantitative estimate of drug-likeness (QED) is 0.809. The summed E-state index contributed by atoms with van der Waals surface area (Å²) in [6, 6.07) is 10.1. The molecule has 2 N–H and O–H groups in total. The number of fused-ring (bicyclic) bond motifs is 1. The summed E-state index contributed by atoms with van der Waals surface area (Å²) < 4.78 is 44.1. The Morgan fingerprint density at radius 2 is 1.88 bits per heavy atom. The van der Waals surface area contributed by atoms with Crippen LogP contribution in [-0.4, -0.2) is 19.1 Å². The Kier molecular flexibility index (Phi) is 6.02. The van der Waals surface area contributed by atoms with Crippen LogP contribution in [0.15, 0.2) is 42.5 Å². The van der Waals surface area contributed by atoms with E-state index in [2.05, 4.69) is 0 Å². The number of carbonyl (C=O) groups is 1. The molecule has 0 saturated heterocycles. The van der Waals surface area contributed by atoms with Crippen LogP contribution in [0.5, 0.6) is 5.75 Å². The van der Waals surface area contributed by atoms with Crippen molar-refractivity contribution in [3.63, 3.8) is 0 Å². The second kappa shape index (κ2) is 7.86. The molecule has 0 saturated carbocycles. The van der Waals surface area contributed by atoms with Crippen LogP contribution in [0.1, 0.15) is 17.5 Å². The van der Waals surface area contributed by atoms with Crippen LogP contribution in [0.2, 0.25) is 0 Å². The van der Waals surface area contributed by atoms with Crippen molar-refractivity contribution in [3.8, 4) is 5.75 Å². The summed E-state index contributed by atoms with van der Waals surface area (Å²) in [6.07, 6.45) is -3.03. The molecule has 0 spiro atoms. The van der Waals surface area contributed by atoms with E-state index in [1.165, 1.54) is 23.1 Å². The lowest BCUT2D eigenvalue weighted by atomic mass is 10.00. The molecule has 1 amide bonds. The van der Waals surface area contributed by atoms with E-state index in [-0.39, 0.29) is 18.2 Å². The summed E-state index contributed by atoms with van der Waals surface area (Å²) in [6.45, 7) is 0.0148. The number of ether oxygens (including phenoxy) is 1. The maximum absolute atomic E-state index is 13.0. The second-order valence-electron chi connectivity index (χ2n) is 5.78. The Balaban J connectivity index is 0.00000243. The molecule has 0 aliphatic carbocycles. The molecule has 2 aromatic carbocycles. The molecule has 140 valence electrons. The zero-order valence-electron chi connectivity index (χ0n) is 13.8. The van der Waals surface area contributed by atoms with Crippen LogP contribution in [0, 0.1) is 0 Å². The highest BCUT2D eigenvalue weighted by Crippen LogP contribution is 2.36. The van der Waals surface area contributed by atoms with Gasteiger partial charge in [-0.05, 0) is 42.7 Å². The molecule has 0 fully saturated rings. The number of nitrogens with two attached hydrogens (primary N) is 1. The topological polar surface area (TPSA) is 55.6 Å². The highest BCUT2D eigenvalue weighted by molar-refractivity contribution is 5.96. The number of carbonyl (C=O) groups excluding carboxylic acids is 1. The standard InChI is InChI=1S/C18H17F3N2O2.ClH/c19-18(20,21)13-6-1-2-9-16(13)25-11-17(24)23-10-4-5-12-14(22)7-3-8-15(12)23;/h1-3,6-9H,4-5,10-11,22H2;1H. The van der Waals surface area contributed by atoms with Gasteiger partial charge < -0.3 is 15.4 Å². The maximum atomic E-state index is 13.0. The molecule has 1 aliphatic rings. The number of nitrogens with zero attached hydrogens (tertiary/aromatic N) is 1. The van der Waals surface area contributed by atoms with Crippen molar-refractivity contribution >= 4 is 29.7 Å². The molecule has 0 radical (unpaired) electrons. The van der Waals surface area contributed by atoms with E-state index in [0.29, 0.717) is 17.9 Å². The number of alkyl halides is 3. The third-order valence-electron chi connectivity index (χ3n) is 4.13.